The van der Waals surface area contributed by atoms with Crippen LogP contribution in [0.5, 0.6) is 0 Å². The summed E-state index contributed by atoms with van der Waals surface area (Å²) in [6, 6.07) is 9.18. The van der Waals surface area contributed by atoms with Crippen LogP contribution in [0.3, 0.4) is 0 Å². The molecule has 0 unspecified atom stereocenters. The Morgan fingerprint density at radius 3 is 2.79 bits per heavy atom. The lowest BCUT2D eigenvalue weighted by molar-refractivity contribution is 0.0696. The number of nitrogen functional groups attached to an aromatic ring is 1. The summed E-state index contributed by atoms with van der Waals surface area (Å²) in [5, 5.41) is 8.79. The van der Waals surface area contributed by atoms with E-state index in [1.54, 1.807) is 23.9 Å². The number of rotatable bonds is 4. The quantitative estimate of drug-likeness (QED) is 0.662. The molecular formula is C14H14N2O2S. The summed E-state index contributed by atoms with van der Waals surface area (Å²) >= 11 is 1.59. The Morgan fingerprint density at radius 1 is 1.37 bits per heavy atom. The molecule has 0 fully saturated rings. The van der Waals surface area contributed by atoms with Gasteiger partial charge in [-0.3, -0.25) is 4.98 Å². The van der Waals surface area contributed by atoms with E-state index in [1.807, 2.05) is 25.1 Å². The molecule has 0 bridgehead atoms. The third-order valence-electron chi connectivity index (χ3n) is 2.62. The van der Waals surface area contributed by atoms with E-state index in [1.165, 1.54) is 6.20 Å². The van der Waals surface area contributed by atoms with Gasteiger partial charge in [0.25, 0.3) is 0 Å². The Kier molecular flexibility index (Phi) is 4.06. The Balaban J connectivity index is 2.06. The number of benzene rings is 1. The summed E-state index contributed by atoms with van der Waals surface area (Å²) in [5.74, 6) is -0.303. The van der Waals surface area contributed by atoms with Crippen molar-refractivity contribution in [1.82, 2.24) is 4.98 Å². The molecule has 4 nitrogen and oxygen atoms in total. The lowest BCUT2D eigenvalue weighted by Crippen LogP contribution is -1.98. The number of hydrogen-bond donors (Lipinski definition) is 2. The van der Waals surface area contributed by atoms with Crippen LogP contribution in [0.2, 0.25) is 0 Å². The van der Waals surface area contributed by atoms with Crippen LogP contribution in [0.1, 0.15) is 21.6 Å². The number of nitrogens with zero attached hydrogens (tertiary/aromatic N) is 1. The fraction of sp³-hybridized carbons (Fsp3) is 0.143. The van der Waals surface area contributed by atoms with Gasteiger partial charge in [-0.1, -0.05) is 6.07 Å². The SMILES string of the molecule is Cc1ccc(N)c(SCc2ccc(C(=O)O)cn2)c1. The Morgan fingerprint density at radius 2 is 2.16 bits per heavy atom. The van der Waals surface area contributed by atoms with Gasteiger partial charge in [0.15, 0.2) is 0 Å². The van der Waals surface area contributed by atoms with Gasteiger partial charge in [0.2, 0.25) is 0 Å². The third-order valence-corrected chi connectivity index (χ3v) is 3.72. The number of pyridine rings is 1. The normalized spacial score (nSPS) is 10.4. The van der Waals surface area contributed by atoms with Crippen molar-refractivity contribution >= 4 is 23.4 Å². The molecule has 0 amide bonds. The predicted octanol–water partition coefficient (Wildman–Crippen LogP) is 2.96. The van der Waals surface area contributed by atoms with Crippen molar-refractivity contribution in [3.8, 4) is 0 Å². The summed E-state index contributed by atoms with van der Waals surface area (Å²) in [5.41, 5.74) is 8.83. The molecule has 2 aromatic rings. The monoisotopic (exact) mass is 274 g/mol. The average molecular weight is 274 g/mol. The van der Waals surface area contributed by atoms with E-state index in [4.69, 9.17) is 10.8 Å². The second-order valence-corrected chi connectivity index (χ2v) is 5.19. The number of aryl methyl sites for hydroxylation is 1. The zero-order valence-corrected chi connectivity index (χ0v) is 11.3. The van der Waals surface area contributed by atoms with Crippen LogP contribution < -0.4 is 5.73 Å². The summed E-state index contributed by atoms with van der Waals surface area (Å²) in [4.78, 5) is 15.9. The van der Waals surface area contributed by atoms with Gasteiger partial charge in [0, 0.05) is 22.5 Å². The van der Waals surface area contributed by atoms with E-state index in [-0.39, 0.29) is 5.56 Å². The first kappa shape index (κ1) is 13.4. The number of carbonyl (C=O) groups is 1. The third kappa shape index (κ3) is 3.48. The zero-order chi connectivity index (χ0) is 13.8. The van der Waals surface area contributed by atoms with Crippen molar-refractivity contribution in [3.63, 3.8) is 0 Å². The molecule has 0 spiro atoms. The lowest BCUT2D eigenvalue weighted by atomic mass is 10.2. The minimum Gasteiger partial charge on any atom is -0.478 e. The van der Waals surface area contributed by atoms with Crippen LogP contribution in [0.4, 0.5) is 5.69 Å². The highest BCUT2D eigenvalue weighted by atomic mass is 32.2. The smallest absolute Gasteiger partial charge is 0.337 e. The van der Waals surface area contributed by atoms with E-state index in [2.05, 4.69) is 4.98 Å². The highest BCUT2D eigenvalue weighted by molar-refractivity contribution is 7.98. The van der Waals surface area contributed by atoms with Gasteiger partial charge >= 0.3 is 5.97 Å². The number of anilines is 1. The Hall–Kier alpha value is -2.01. The number of thioether (sulfide) groups is 1. The minimum atomic E-state index is -0.963. The van der Waals surface area contributed by atoms with Gasteiger partial charge in [-0.2, -0.15) is 0 Å². The topological polar surface area (TPSA) is 76.2 Å². The summed E-state index contributed by atoms with van der Waals surface area (Å²) in [7, 11) is 0. The highest BCUT2D eigenvalue weighted by Gasteiger charge is 2.05. The molecule has 1 heterocycles. The first-order valence-corrected chi connectivity index (χ1v) is 6.72. The van der Waals surface area contributed by atoms with E-state index in [9.17, 15) is 4.79 Å². The number of nitrogens with two attached hydrogens (primary N) is 1. The van der Waals surface area contributed by atoms with Crippen molar-refractivity contribution < 1.29 is 9.90 Å². The largest absolute Gasteiger partial charge is 0.478 e. The molecule has 0 radical (unpaired) electrons. The van der Waals surface area contributed by atoms with Crippen LogP contribution in [0, 0.1) is 6.92 Å². The lowest BCUT2D eigenvalue weighted by Gasteiger charge is -2.06. The molecule has 0 aliphatic rings. The van der Waals surface area contributed by atoms with Gasteiger partial charge in [-0.15, -0.1) is 11.8 Å². The summed E-state index contributed by atoms with van der Waals surface area (Å²) < 4.78 is 0. The Labute approximate surface area is 115 Å². The van der Waals surface area contributed by atoms with Crippen LogP contribution in [0.25, 0.3) is 0 Å². The molecular weight excluding hydrogens is 260 g/mol. The standard InChI is InChI=1S/C14H14N2O2S/c1-9-2-5-12(15)13(6-9)19-8-11-4-3-10(7-16-11)14(17)18/h2-7H,8,15H2,1H3,(H,17,18). The van der Waals surface area contributed by atoms with Crippen molar-refractivity contribution in [2.75, 3.05) is 5.73 Å². The molecule has 5 heteroatoms. The molecule has 0 saturated heterocycles. The van der Waals surface area contributed by atoms with Crippen molar-refractivity contribution in [2.24, 2.45) is 0 Å². The van der Waals surface area contributed by atoms with Crippen LogP contribution in [0.15, 0.2) is 41.4 Å². The van der Waals surface area contributed by atoms with Crippen LogP contribution in [-0.2, 0) is 5.75 Å². The molecule has 2 rings (SSSR count). The minimum absolute atomic E-state index is 0.198. The molecule has 1 aromatic carbocycles. The first-order chi connectivity index (χ1) is 9.06. The van der Waals surface area contributed by atoms with E-state index in [0.717, 1.165) is 21.8 Å². The number of aromatic carboxylic acids is 1. The molecule has 19 heavy (non-hydrogen) atoms. The van der Waals surface area contributed by atoms with E-state index in [0.29, 0.717) is 5.75 Å². The van der Waals surface area contributed by atoms with Gasteiger partial charge in [-0.25, -0.2) is 4.79 Å². The average Bonchev–Trinajstić information content (AvgIpc) is 2.40. The maximum absolute atomic E-state index is 10.7. The highest BCUT2D eigenvalue weighted by Crippen LogP contribution is 2.28. The van der Waals surface area contributed by atoms with Gasteiger partial charge in [0.1, 0.15) is 0 Å². The zero-order valence-electron chi connectivity index (χ0n) is 10.5. The summed E-state index contributed by atoms with van der Waals surface area (Å²) in [6.45, 7) is 2.02. The number of carboxylic acid groups (broad SMARTS) is 1. The molecule has 1 aromatic heterocycles. The van der Waals surface area contributed by atoms with E-state index < -0.39 is 5.97 Å². The maximum atomic E-state index is 10.7. The molecule has 0 aliphatic heterocycles. The van der Waals surface area contributed by atoms with Crippen LogP contribution in [-0.4, -0.2) is 16.1 Å². The fourth-order valence-electron chi connectivity index (χ4n) is 1.55. The Bertz CT molecular complexity index is 597. The molecule has 0 saturated carbocycles. The van der Waals surface area contributed by atoms with Gasteiger partial charge < -0.3 is 10.8 Å². The number of hydrogen-bond acceptors (Lipinski definition) is 4. The molecule has 3 N–H and O–H groups in total. The van der Waals surface area contributed by atoms with Crippen molar-refractivity contribution in [2.45, 2.75) is 17.6 Å². The fourth-order valence-corrected chi connectivity index (χ4v) is 2.53. The molecule has 0 atom stereocenters. The summed E-state index contributed by atoms with van der Waals surface area (Å²) in [6.07, 6.45) is 1.37. The number of carboxylic acids is 1. The van der Waals surface area contributed by atoms with Crippen molar-refractivity contribution in [3.05, 3.63) is 53.3 Å². The number of aromatic nitrogens is 1. The van der Waals surface area contributed by atoms with Crippen molar-refractivity contribution in [1.29, 1.82) is 0 Å². The van der Waals surface area contributed by atoms with E-state index >= 15 is 0 Å². The second kappa shape index (κ2) is 5.75. The maximum Gasteiger partial charge on any atom is 0.337 e. The van der Waals surface area contributed by atoms with Gasteiger partial charge in [-0.05, 0) is 36.8 Å². The van der Waals surface area contributed by atoms with Gasteiger partial charge in [0.05, 0.1) is 11.3 Å². The predicted molar refractivity (Wildman–Crippen MR) is 76.3 cm³/mol. The molecule has 0 aliphatic carbocycles. The second-order valence-electron chi connectivity index (χ2n) is 4.17. The van der Waals surface area contributed by atoms with Crippen LogP contribution >= 0.6 is 11.8 Å². The first-order valence-electron chi connectivity index (χ1n) is 5.73. The molecule has 98 valence electrons.